The van der Waals surface area contributed by atoms with Crippen LogP contribution in [0, 0.1) is 6.92 Å². The van der Waals surface area contributed by atoms with Gasteiger partial charge in [-0.2, -0.15) is 0 Å². The normalized spacial score (nSPS) is 10.6. The number of amides is 1. The SMILES string of the molecule is Cc1ccc(NC(=O)c2ccc(CO)cc2)cc1N(c1cccnc1)c1nccs1. The first-order chi connectivity index (χ1) is 14.7. The van der Waals surface area contributed by atoms with Crippen LogP contribution in [0.1, 0.15) is 21.5 Å². The highest BCUT2D eigenvalue weighted by atomic mass is 32.1. The molecule has 0 aliphatic heterocycles. The zero-order valence-electron chi connectivity index (χ0n) is 16.3. The number of hydrogen-bond donors (Lipinski definition) is 2. The van der Waals surface area contributed by atoms with Crippen molar-refractivity contribution in [2.24, 2.45) is 0 Å². The van der Waals surface area contributed by atoms with E-state index < -0.39 is 0 Å². The van der Waals surface area contributed by atoms with E-state index in [0.717, 1.165) is 27.6 Å². The summed E-state index contributed by atoms with van der Waals surface area (Å²) in [6.45, 7) is 1.97. The third-order valence-electron chi connectivity index (χ3n) is 4.62. The van der Waals surface area contributed by atoms with Gasteiger partial charge in [-0.05, 0) is 54.4 Å². The molecule has 0 atom stereocenters. The smallest absolute Gasteiger partial charge is 0.255 e. The van der Waals surface area contributed by atoms with Crippen molar-refractivity contribution in [1.82, 2.24) is 9.97 Å². The van der Waals surface area contributed by atoms with E-state index in [1.807, 2.05) is 47.5 Å². The molecule has 150 valence electrons. The van der Waals surface area contributed by atoms with Crippen molar-refractivity contribution in [1.29, 1.82) is 0 Å². The summed E-state index contributed by atoms with van der Waals surface area (Å²) < 4.78 is 0. The topological polar surface area (TPSA) is 78.4 Å². The van der Waals surface area contributed by atoms with Gasteiger partial charge >= 0.3 is 0 Å². The van der Waals surface area contributed by atoms with Gasteiger partial charge in [0.25, 0.3) is 5.91 Å². The molecule has 4 rings (SSSR count). The van der Waals surface area contributed by atoms with Crippen molar-refractivity contribution < 1.29 is 9.90 Å². The maximum Gasteiger partial charge on any atom is 0.255 e. The number of aryl methyl sites for hydroxylation is 1. The number of rotatable bonds is 6. The average molecular weight is 417 g/mol. The Hall–Kier alpha value is -3.55. The summed E-state index contributed by atoms with van der Waals surface area (Å²) in [6.07, 6.45) is 5.28. The molecule has 2 aromatic heterocycles. The first-order valence-corrected chi connectivity index (χ1v) is 10.2. The fourth-order valence-corrected chi connectivity index (χ4v) is 3.73. The van der Waals surface area contributed by atoms with Gasteiger partial charge in [0.1, 0.15) is 0 Å². The Bertz CT molecular complexity index is 1130. The second kappa shape index (κ2) is 8.86. The number of aliphatic hydroxyl groups is 1. The van der Waals surface area contributed by atoms with Gasteiger partial charge in [0.2, 0.25) is 0 Å². The van der Waals surface area contributed by atoms with Crippen molar-refractivity contribution in [3.05, 3.63) is 95.3 Å². The first-order valence-electron chi connectivity index (χ1n) is 9.37. The molecule has 0 radical (unpaired) electrons. The molecule has 0 spiro atoms. The third-order valence-corrected chi connectivity index (χ3v) is 5.38. The highest BCUT2D eigenvalue weighted by molar-refractivity contribution is 7.13. The van der Waals surface area contributed by atoms with Gasteiger partial charge in [-0.3, -0.25) is 14.7 Å². The molecule has 2 aromatic carbocycles. The molecule has 0 bridgehead atoms. The number of hydrogen-bond acceptors (Lipinski definition) is 6. The van der Waals surface area contributed by atoms with Gasteiger partial charge in [-0.25, -0.2) is 4.98 Å². The molecular formula is C23H20N4O2S. The van der Waals surface area contributed by atoms with E-state index in [-0.39, 0.29) is 12.5 Å². The van der Waals surface area contributed by atoms with Crippen LogP contribution < -0.4 is 10.2 Å². The Morgan fingerprint density at radius 2 is 1.97 bits per heavy atom. The van der Waals surface area contributed by atoms with E-state index in [4.69, 9.17) is 5.11 Å². The standard InChI is InChI=1S/C23H20N4O2S/c1-16-4-9-19(26-22(29)18-7-5-17(15-28)6-8-18)13-21(16)27(23-25-11-12-30-23)20-3-2-10-24-14-20/h2-14,28H,15H2,1H3,(H,26,29). The molecular weight excluding hydrogens is 396 g/mol. The summed E-state index contributed by atoms with van der Waals surface area (Å²) in [7, 11) is 0. The van der Waals surface area contributed by atoms with Crippen LogP contribution in [0.2, 0.25) is 0 Å². The maximum atomic E-state index is 12.7. The second-order valence-electron chi connectivity index (χ2n) is 6.67. The minimum atomic E-state index is -0.212. The van der Waals surface area contributed by atoms with Crippen LogP contribution in [0.15, 0.2) is 78.6 Å². The minimum Gasteiger partial charge on any atom is -0.392 e. The van der Waals surface area contributed by atoms with Crippen molar-refractivity contribution in [2.45, 2.75) is 13.5 Å². The van der Waals surface area contributed by atoms with Crippen molar-refractivity contribution in [3.8, 4) is 0 Å². The summed E-state index contributed by atoms with van der Waals surface area (Å²) in [5.74, 6) is -0.212. The largest absolute Gasteiger partial charge is 0.392 e. The summed E-state index contributed by atoms with van der Waals surface area (Å²) in [6, 6.07) is 16.5. The summed E-state index contributed by atoms with van der Waals surface area (Å²) >= 11 is 1.53. The van der Waals surface area contributed by atoms with Gasteiger partial charge < -0.3 is 10.4 Å². The number of benzene rings is 2. The van der Waals surface area contributed by atoms with E-state index in [9.17, 15) is 4.79 Å². The number of carbonyl (C=O) groups excluding carboxylic acids is 1. The number of thiazole rings is 1. The van der Waals surface area contributed by atoms with Crippen LogP contribution in [0.25, 0.3) is 0 Å². The number of nitrogens with zero attached hydrogens (tertiary/aromatic N) is 3. The number of nitrogens with one attached hydrogen (secondary N) is 1. The van der Waals surface area contributed by atoms with E-state index in [1.54, 1.807) is 42.9 Å². The lowest BCUT2D eigenvalue weighted by Crippen LogP contribution is -2.14. The van der Waals surface area contributed by atoms with E-state index in [1.165, 1.54) is 11.3 Å². The first kappa shape index (κ1) is 19.8. The van der Waals surface area contributed by atoms with Crippen LogP contribution in [0.5, 0.6) is 0 Å². The van der Waals surface area contributed by atoms with Crippen LogP contribution >= 0.6 is 11.3 Å². The highest BCUT2D eigenvalue weighted by Crippen LogP contribution is 2.38. The predicted molar refractivity (Wildman–Crippen MR) is 120 cm³/mol. The number of pyridine rings is 1. The van der Waals surface area contributed by atoms with E-state index in [2.05, 4.69) is 15.3 Å². The Balaban J connectivity index is 1.67. The second-order valence-corrected chi connectivity index (χ2v) is 7.54. The molecule has 0 fully saturated rings. The lowest BCUT2D eigenvalue weighted by Gasteiger charge is -2.24. The molecule has 0 saturated carbocycles. The Kier molecular flexibility index (Phi) is 5.83. The van der Waals surface area contributed by atoms with Crippen LogP contribution in [0.3, 0.4) is 0 Å². The minimum absolute atomic E-state index is 0.0514. The molecule has 7 heteroatoms. The molecule has 30 heavy (non-hydrogen) atoms. The number of anilines is 4. The average Bonchev–Trinajstić information content (AvgIpc) is 3.31. The molecule has 1 amide bonds. The highest BCUT2D eigenvalue weighted by Gasteiger charge is 2.18. The monoisotopic (exact) mass is 416 g/mol. The Morgan fingerprint density at radius 1 is 1.13 bits per heavy atom. The van der Waals surface area contributed by atoms with Gasteiger partial charge in [0, 0.05) is 29.0 Å². The Labute approximate surface area is 178 Å². The quantitative estimate of drug-likeness (QED) is 0.459. The summed E-state index contributed by atoms with van der Waals surface area (Å²) in [5.41, 5.74) is 4.81. The number of aliphatic hydroxyl groups excluding tert-OH is 1. The van der Waals surface area contributed by atoms with Crippen molar-refractivity contribution >= 4 is 39.4 Å². The fourth-order valence-electron chi connectivity index (χ4n) is 3.06. The summed E-state index contributed by atoms with van der Waals surface area (Å²) in [5, 5.41) is 14.9. The van der Waals surface area contributed by atoms with E-state index in [0.29, 0.717) is 11.3 Å². The number of aromatic nitrogens is 2. The van der Waals surface area contributed by atoms with E-state index >= 15 is 0 Å². The van der Waals surface area contributed by atoms with Gasteiger partial charge in [0.05, 0.1) is 24.2 Å². The molecule has 0 aliphatic carbocycles. The number of carbonyl (C=O) groups is 1. The van der Waals surface area contributed by atoms with Crippen molar-refractivity contribution in [2.75, 3.05) is 10.2 Å². The van der Waals surface area contributed by atoms with Crippen LogP contribution in [-0.4, -0.2) is 21.0 Å². The molecule has 0 saturated heterocycles. The fraction of sp³-hybridized carbons (Fsp3) is 0.0870. The zero-order valence-corrected chi connectivity index (χ0v) is 17.1. The molecule has 2 N–H and O–H groups in total. The summed E-state index contributed by atoms with van der Waals surface area (Å²) in [4.78, 5) is 23.4. The van der Waals surface area contributed by atoms with Gasteiger partial charge in [0.15, 0.2) is 5.13 Å². The van der Waals surface area contributed by atoms with Gasteiger partial charge in [-0.1, -0.05) is 18.2 Å². The lowest BCUT2D eigenvalue weighted by atomic mass is 10.1. The maximum absolute atomic E-state index is 12.7. The van der Waals surface area contributed by atoms with Gasteiger partial charge in [-0.15, -0.1) is 11.3 Å². The van der Waals surface area contributed by atoms with Crippen molar-refractivity contribution in [3.63, 3.8) is 0 Å². The van der Waals surface area contributed by atoms with Crippen LogP contribution in [0.4, 0.5) is 22.2 Å². The Morgan fingerprint density at radius 3 is 2.63 bits per heavy atom. The predicted octanol–water partition coefficient (Wildman–Crippen LogP) is 5.06. The lowest BCUT2D eigenvalue weighted by molar-refractivity contribution is 0.102. The zero-order chi connectivity index (χ0) is 20.9. The molecule has 2 heterocycles. The molecule has 6 nitrogen and oxygen atoms in total. The van der Waals surface area contributed by atoms with Crippen LogP contribution in [-0.2, 0) is 6.61 Å². The molecule has 0 aliphatic rings. The molecule has 4 aromatic rings. The third kappa shape index (κ3) is 4.22. The molecule has 0 unspecified atom stereocenters.